The number of nitrogens with zero attached hydrogens (tertiary/aromatic N) is 4. The molecular weight excluding hydrogens is 397 g/mol. The second kappa shape index (κ2) is 7.95. The first kappa shape index (κ1) is 18.5. The van der Waals surface area contributed by atoms with E-state index in [-0.39, 0.29) is 11.7 Å². The average Bonchev–Trinajstić information content (AvgIpc) is 3.14. The molecule has 0 fully saturated rings. The minimum Gasteiger partial charge on any atom is -0.304 e. The van der Waals surface area contributed by atoms with Gasteiger partial charge < -0.3 is 5.32 Å². The number of anilines is 1. The molecular formula is C17H14Cl3N5O. The molecule has 1 N–H and O–H groups in total. The largest absolute Gasteiger partial charge is 0.304 e. The van der Waals surface area contributed by atoms with Crippen LogP contribution in [0, 0.1) is 0 Å². The summed E-state index contributed by atoms with van der Waals surface area (Å²) in [6.45, 7) is 0.400. The molecule has 0 aliphatic rings. The highest BCUT2D eigenvalue weighted by Gasteiger charge is 2.11. The van der Waals surface area contributed by atoms with Gasteiger partial charge in [-0.1, -0.05) is 40.9 Å². The highest BCUT2D eigenvalue weighted by atomic mass is 35.5. The van der Waals surface area contributed by atoms with E-state index in [0.717, 1.165) is 11.1 Å². The Morgan fingerprint density at radius 2 is 2.04 bits per heavy atom. The zero-order chi connectivity index (χ0) is 18.7. The number of hydrogen-bond acceptors (Lipinski definition) is 3. The molecule has 0 saturated carbocycles. The van der Waals surface area contributed by atoms with Crippen molar-refractivity contribution >= 4 is 52.6 Å². The number of amides is 1. The Hall–Kier alpha value is -2.28. The maximum atomic E-state index is 12.0. The topological polar surface area (TPSA) is 64.7 Å². The maximum absolute atomic E-state index is 12.0. The number of hydrogen-bond donors (Lipinski definition) is 1. The third-order valence-corrected chi connectivity index (χ3v) is 4.32. The van der Waals surface area contributed by atoms with Gasteiger partial charge in [-0.05, 0) is 23.8 Å². The van der Waals surface area contributed by atoms with Crippen molar-refractivity contribution in [2.45, 2.75) is 6.54 Å². The van der Waals surface area contributed by atoms with Crippen LogP contribution in [0.1, 0.15) is 11.1 Å². The Labute approximate surface area is 165 Å². The molecule has 2 heterocycles. The summed E-state index contributed by atoms with van der Waals surface area (Å²) in [4.78, 5) is 12.0. The van der Waals surface area contributed by atoms with E-state index in [0.29, 0.717) is 21.6 Å². The summed E-state index contributed by atoms with van der Waals surface area (Å²) in [5.41, 5.74) is 1.65. The number of carbonyl (C=O) groups excluding carboxylic acids is 1. The van der Waals surface area contributed by atoms with E-state index in [9.17, 15) is 4.79 Å². The highest BCUT2D eigenvalue weighted by molar-refractivity contribution is 6.35. The fourth-order valence-electron chi connectivity index (χ4n) is 2.24. The van der Waals surface area contributed by atoms with E-state index in [1.165, 1.54) is 6.08 Å². The van der Waals surface area contributed by atoms with Crippen LogP contribution in [0.15, 0.2) is 42.9 Å². The van der Waals surface area contributed by atoms with Gasteiger partial charge in [0.2, 0.25) is 5.91 Å². The standard InChI is InChI=1S/C17H14Cl3N5O/c1-24-8-11(7-21-24)2-5-16(26)22-17-15(20)10-25(23-17)9-12-3-4-13(18)6-14(12)19/h2-8,10H,9H2,1H3,(H,22,23,26)/b5-2+. The Balaban J connectivity index is 1.67. The molecule has 2 aromatic heterocycles. The quantitative estimate of drug-likeness (QED) is 0.639. The van der Waals surface area contributed by atoms with Crippen molar-refractivity contribution in [3.05, 3.63) is 69.1 Å². The summed E-state index contributed by atoms with van der Waals surface area (Å²) < 4.78 is 3.25. The maximum Gasteiger partial charge on any atom is 0.249 e. The van der Waals surface area contributed by atoms with Crippen LogP contribution >= 0.6 is 34.8 Å². The first-order valence-electron chi connectivity index (χ1n) is 7.55. The van der Waals surface area contributed by atoms with Crippen LogP contribution in [0.2, 0.25) is 15.1 Å². The summed E-state index contributed by atoms with van der Waals surface area (Å²) in [6.07, 6.45) is 8.11. The summed E-state index contributed by atoms with van der Waals surface area (Å²) in [5, 5.41) is 12.4. The van der Waals surface area contributed by atoms with E-state index in [1.54, 1.807) is 53.2 Å². The lowest BCUT2D eigenvalue weighted by atomic mass is 10.2. The molecule has 0 bridgehead atoms. The van der Waals surface area contributed by atoms with Gasteiger partial charge in [-0.3, -0.25) is 14.2 Å². The number of benzene rings is 1. The zero-order valence-electron chi connectivity index (χ0n) is 13.7. The average molecular weight is 411 g/mol. The normalized spacial score (nSPS) is 11.2. The van der Waals surface area contributed by atoms with Crippen molar-refractivity contribution in [1.29, 1.82) is 0 Å². The lowest BCUT2D eigenvalue weighted by Gasteiger charge is -2.05. The fraction of sp³-hybridized carbons (Fsp3) is 0.118. The van der Waals surface area contributed by atoms with Crippen molar-refractivity contribution in [2.75, 3.05) is 5.32 Å². The molecule has 0 radical (unpaired) electrons. The molecule has 6 nitrogen and oxygen atoms in total. The van der Waals surface area contributed by atoms with Crippen molar-refractivity contribution in [1.82, 2.24) is 19.6 Å². The summed E-state index contributed by atoms with van der Waals surface area (Å²) in [5.74, 6) is -0.0666. The number of rotatable bonds is 5. The molecule has 0 aliphatic heterocycles. The molecule has 0 aliphatic carbocycles. The van der Waals surface area contributed by atoms with Crippen molar-refractivity contribution in [3.8, 4) is 0 Å². The fourth-order valence-corrected chi connectivity index (χ4v) is 2.91. The van der Waals surface area contributed by atoms with Crippen LogP contribution in [-0.4, -0.2) is 25.5 Å². The molecule has 134 valence electrons. The van der Waals surface area contributed by atoms with Crippen molar-refractivity contribution in [2.24, 2.45) is 7.05 Å². The van der Waals surface area contributed by atoms with Crippen LogP contribution < -0.4 is 5.32 Å². The number of aryl methyl sites for hydroxylation is 1. The van der Waals surface area contributed by atoms with Crippen molar-refractivity contribution < 1.29 is 4.79 Å². The van der Waals surface area contributed by atoms with Crippen LogP contribution in [0.5, 0.6) is 0 Å². The first-order valence-corrected chi connectivity index (χ1v) is 8.68. The molecule has 0 atom stereocenters. The molecule has 3 rings (SSSR count). The molecule has 9 heteroatoms. The van der Waals surface area contributed by atoms with Gasteiger partial charge in [-0.2, -0.15) is 10.2 Å². The summed E-state index contributed by atoms with van der Waals surface area (Å²) in [6, 6.07) is 5.23. The van der Waals surface area contributed by atoms with E-state index in [2.05, 4.69) is 15.5 Å². The van der Waals surface area contributed by atoms with E-state index in [1.807, 2.05) is 6.07 Å². The number of halogens is 3. The van der Waals surface area contributed by atoms with Gasteiger partial charge in [0.25, 0.3) is 0 Å². The second-order valence-corrected chi connectivity index (χ2v) is 6.78. The Kier molecular flexibility index (Phi) is 5.66. The molecule has 0 saturated heterocycles. The minimum atomic E-state index is -0.342. The van der Waals surface area contributed by atoms with Gasteiger partial charge in [0.15, 0.2) is 5.82 Å². The molecule has 0 unspecified atom stereocenters. The van der Waals surface area contributed by atoms with Gasteiger partial charge in [0, 0.05) is 41.1 Å². The van der Waals surface area contributed by atoms with Gasteiger partial charge in [0.1, 0.15) is 5.02 Å². The van der Waals surface area contributed by atoms with Crippen LogP contribution in [0.25, 0.3) is 6.08 Å². The van der Waals surface area contributed by atoms with Gasteiger partial charge in [0.05, 0.1) is 12.7 Å². The van der Waals surface area contributed by atoms with E-state index in [4.69, 9.17) is 34.8 Å². The highest BCUT2D eigenvalue weighted by Crippen LogP contribution is 2.24. The summed E-state index contributed by atoms with van der Waals surface area (Å²) >= 11 is 18.2. The predicted molar refractivity (Wildman–Crippen MR) is 104 cm³/mol. The number of aromatic nitrogens is 4. The first-order chi connectivity index (χ1) is 12.4. The molecule has 3 aromatic rings. The van der Waals surface area contributed by atoms with E-state index < -0.39 is 0 Å². The number of nitrogens with one attached hydrogen (secondary N) is 1. The zero-order valence-corrected chi connectivity index (χ0v) is 15.9. The second-order valence-electron chi connectivity index (χ2n) is 5.53. The molecule has 1 aromatic carbocycles. The Morgan fingerprint density at radius 1 is 1.23 bits per heavy atom. The molecule has 1 amide bonds. The third-order valence-electron chi connectivity index (χ3n) is 3.46. The van der Waals surface area contributed by atoms with Gasteiger partial charge >= 0.3 is 0 Å². The molecule has 0 spiro atoms. The van der Waals surface area contributed by atoms with Gasteiger partial charge in [-0.25, -0.2) is 0 Å². The Bertz CT molecular complexity index is 977. The van der Waals surface area contributed by atoms with Crippen LogP contribution in [0.3, 0.4) is 0 Å². The lowest BCUT2D eigenvalue weighted by molar-refractivity contribution is -0.111. The monoisotopic (exact) mass is 409 g/mol. The van der Waals surface area contributed by atoms with Gasteiger partial charge in [-0.15, -0.1) is 0 Å². The van der Waals surface area contributed by atoms with Crippen molar-refractivity contribution in [3.63, 3.8) is 0 Å². The third kappa shape index (κ3) is 4.66. The van der Waals surface area contributed by atoms with Crippen LogP contribution in [-0.2, 0) is 18.4 Å². The van der Waals surface area contributed by atoms with Crippen LogP contribution in [0.4, 0.5) is 5.82 Å². The molecule has 26 heavy (non-hydrogen) atoms. The Morgan fingerprint density at radius 3 is 2.73 bits per heavy atom. The minimum absolute atomic E-state index is 0.276. The van der Waals surface area contributed by atoms with E-state index >= 15 is 0 Å². The smallest absolute Gasteiger partial charge is 0.249 e. The number of carbonyl (C=O) groups is 1. The SMILES string of the molecule is Cn1cc(/C=C/C(=O)Nc2nn(Cc3ccc(Cl)cc3Cl)cc2Cl)cn1. The lowest BCUT2D eigenvalue weighted by Crippen LogP contribution is -2.09. The predicted octanol–water partition coefficient (Wildman–Crippen LogP) is 4.28. The summed E-state index contributed by atoms with van der Waals surface area (Å²) in [7, 11) is 1.80.